The van der Waals surface area contributed by atoms with E-state index in [1.807, 2.05) is 48.5 Å². The minimum absolute atomic E-state index is 0.105. The number of benzene rings is 2. The molecule has 0 bridgehead atoms. The van der Waals surface area contributed by atoms with E-state index in [1.54, 1.807) is 0 Å². The van der Waals surface area contributed by atoms with Gasteiger partial charge in [0.25, 0.3) is 5.56 Å². The number of rotatable bonds is 3. The van der Waals surface area contributed by atoms with Crippen molar-refractivity contribution in [3.63, 3.8) is 0 Å². The Hall–Kier alpha value is -2.82. The monoisotopic (exact) mass is 346 g/mol. The molecule has 0 radical (unpaired) electrons. The highest BCUT2D eigenvalue weighted by atomic mass is 16.1. The second-order valence-electron chi connectivity index (χ2n) is 7.93. The molecule has 0 saturated heterocycles. The molecular formula is C21H22N4O. The second-order valence-corrected chi connectivity index (χ2v) is 7.93. The van der Waals surface area contributed by atoms with Gasteiger partial charge in [-0.2, -0.15) is 5.10 Å². The quantitative estimate of drug-likeness (QED) is 0.632. The molecule has 2 saturated carbocycles. The lowest BCUT2D eigenvalue weighted by atomic mass is 9.49. The standard InChI is InChI=1S/C21H22N4O/c22-17-7-3-4-8-18(17)23-14-11-21(12-14)9-13(10-21)19-15-5-1-2-6-16(15)20(26)25-24-19/h1-8,13-14,23H,9-12,22H2,(H,25,26)/t13-,14-,21?. The summed E-state index contributed by atoms with van der Waals surface area (Å²) in [4.78, 5) is 12.0. The molecule has 2 aliphatic carbocycles. The van der Waals surface area contributed by atoms with Crippen LogP contribution in [0.2, 0.25) is 0 Å². The highest BCUT2D eigenvalue weighted by Crippen LogP contribution is 2.62. The van der Waals surface area contributed by atoms with Gasteiger partial charge in [0.1, 0.15) is 0 Å². The molecule has 1 aromatic heterocycles. The number of fused-ring (bicyclic) bond motifs is 1. The number of aromatic amines is 1. The second kappa shape index (κ2) is 5.59. The molecule has 2 fully saturated rings. The van der Waals surface area contributed by atoms with E-state index < -0.39 is 0 Å². The smallest absolute Gasteiger partial charge is 0.272 e. The summed E-state index contributed by atoms with van der Waals surface area (Å²) in [6.45, 7) is 0. The van der Waals surface area contributed by atoms with E-state index in [-0.39, 0.29) is 5.56 Å². The fourth-order valence-electron chi connectivity index (χ4n) is 4.90. The van der Waals surface area contributed by atoms with Crippen LogP contribution in [0.1, 0.15) is 37.3 Å². The molecule has 0 atom stereocenters. The first kappa shape index (κ1) is 15.4. The Morgan fingerprint density at radius 2 is 1.69 bits per heavy atom. The van der Waals surface area contributed by atoms with Gasteiger partial charge in [-0.15, -0.1) is 0 Å². The van der Waals surface area contributed by atoms with Crippen LogP contribution in [0.5, 0.6) is 0 Å². The molecule has 132 valence electrons. The number of anilines is 2. The van der Waals surface area contributed by atoms with Crippen molar-refractivity contribution >= 4 is 22.1 Å². The number of aromatic nitrogens is 2. The Labute approximate surface area is 151 Å². The summed E-state index contributed by atoms with van der Waals surface area (Å²) in [7, 11) is 0. The Bertz CT molecular complexity index is 1030. The van der Waals surface area contributed by atoms with Crippen LogP contribution in [-0.4, -0.2) is 16.2 Å². The van der Waals surface area contributed by atoms with Crippen molar-refractivity contribution in [1.82, 2.24) is 10.2 Å². The van der Waals surface area contributed by atoms with Crippen molar-refractivity contribution in [3.8, 4) is 0 Å². The van der Waals surface area contributed by atoms with Crippen molar-refractivity contribution in [2.45, 2.75) is 37.6 Å². The summed E-state index contributed by atoms with van der Waals surface area (Å²) in [5.74, 6) is 0.444. The van der Waals surface area contributed by atoms with Gasteiger partial charge in [-0.05, 0) is 49.3 Å². The van der Waals surface area contributed by atoms with Crippen molar-refractivity contribution in [1.29, 1.82) is 0 Å². The lowest BCUT2D eigenvalue weighted by molar-refractivity contribution is -0.00284. The zero-order chi connectivity index (χ0) is 17.7. The maximum absolute atomic E-state index is 12.0. The molecule has 0 aliphatic heterocycles. The first-order chi connectivity index (χ1) is 12.6. The van der Waals surface area contributed by atoms with Crippen molar-refractivity contribution in [2.75, 3.05) is 11.1 Å². The van der Waals surface area contributed by atoms with E-state index >= 15 is 0 Å². The molecule has 3 aromatic rings. The largest absolute Gasteiger partial charge is 0.397 e. The Morgan fingerprint density at radius 1 is 1.00 bits per heavy atom. The first-order valence-corrected chi connectivity index (χ1v) is 9.22. The Kier molecular flexibility index (Phi) is 3.32. The predicted octanol–water partition coefficient (Wildman–Crippen LogP) is 3.64. The van der Waals surface area contributed by atoms with Crippen LogP contribution in [0.25, 0.3) is 10.8 Å². The SMILES string of the molecule is Nc1ccccc1N[C@H]1CC2(C1)C[C@H](c1n[nH]c(=O)c3ccccc31)C2. The van der Waals surface area contributed by atoms with Gasteiger partial charge < -0.3 is 11.1 Å². The minimum atomic E-state index is -0.105. The van der Waals surface area contributed by atoms with E-state index in [4.69, 9.17) is 5.73 Å². The lowest BCUT2D eigenvalue weighted by Gasteiger charge is -2.58. The average molecular weight is 346 g/mol. The molecule has 5 rings (SSSR count). The lowest BCUT2D eigenvalue weighted by Crippen LogP contribution is -2.52. The Morgan fingerprint density at radius 3 is 2.46 bits per heavy atom. The van der Waals surface area contributed by atoms with Crippen LogP contribution in [0.15, 0.2) is 53.3 Å². The van der Waals surface area contributed by atoms with Gasteiger partial charge in [0.05, 0.1) is 22.5 Å². The van der Waals surface area contributed by atoms with Crippen LogP contribution < -0.4 is 16.6 Å². The maximum Gasteiger partial charge on any atom is 0.272 e. The van der Waals surface area contributed by atoms with Gasteiger partial charge in [0.2, 0.25) is 0 Å². The number of hydrogen-bond donors (Lipinski definition) is 3. The topological polar surface area (TPSA) is 83.8 Å². The first-order valence-electron chi connectivity index (χ1n) is 9.22. The summed E-state index contributed by atoms with van der Waals surface area (Å²) in [5.41, 5.74) is 9.25. The van der Waals surface area contributed by atoms with E-state index in [1.165, 1.54) is 12.8 Å². The van der Waals surface area contributed by atoms with E-state index in [2.05, 4.69) is 15.5 Å². The van der Waals surface area contributed by atoms with Crippen molar-refractivity contribution < 1.29 is 0 Å². The van der Waals surface area contributed by atoms with Gasteiger partial charge in [-0.1, -0.05) is 30.3 Å². The van der Waals surface area contributed by atoms with E-state index in [0.29, 0.717) is 17.4 Å². The molecule has 5 heteroatoms. The molecule has 0 unspecified atom stereocenters. The predicted molar refractivity (Wildman–Crippen MR) is 104 cm³/mol. The molecule has 2 aliphatic rings. The van der Waals surface area contributed by atoms with Gasteiger partial charge >= 0.3 is 0 Å². The molecule has 2 aromatic carbocycles. The number of H-pyrrole nitrogens is 1. The Balaban J connectivity index is 1.27. The van der Waals surface area contributed by atoms with Crippen LogP contribution in [0, 0.1) is 5.41 Å². The number of nitrogens with two attached hydrogens (primary N) is 1. The van der Waals surface area contributed by atoms with Crippen LogP contribution >= 0.6 is 0 Å². The molecule has 1 heterocycles. The third-order valence-electron chi connectivity index (χ3n) is 6.15. The summed E-state index contributed by atoms with van der Waals surface area (Å²) in [5, 5.41) is 12.4. The summed E-state index contributed by atoms with van der Waals surface area (Å²) >= 11 is 0. The van der Waals surface area contributed by atoms with Crippen LogP contribution in [-0.2, 0) is 0 Å². The van der Waals surface area contributed by atoms with Gasteiger partial charge in [-0.3, -0.25) is 4.79 Å². The zero-order valence-corrected chi connectivity index (χ0v) is 14.5. The number of nitrogens with one attached hydrogen (secondary N) is 2. The number of para-hydroxylation sites is 2. The molecule has 5 nitrogen and oxygen atoms in total. The van der Waals surface area contributed by atoms with Crippen molar-refractivity contribution in [2.24, 2.45) is 5.41 Å². The van der Waals surface area contributed by atoms with Gasteiger partial charge in [-0.25, -0.2) is 5.10 Å². The number of hydrogen-bond acceptors (Lipinski definition) is 4. The van der Waals surface area contributed by atoms with Gasteiger partial charge in [0, 0.05) is 17.3 Å². The number of nitrogen functional groups attached to an aromatic ring is 1. The van der Waals surface area contributed by atoms with Crippen molar-refractivity contribution in [3.05, 3.63) is 64.6 Å². The highest BCUT2D eigenvalue weighted by Gasteiger charge is 2.53. The molecule has 4 N–H and O–H groups in total. The summed E-state index contributed by atoms with van der Waals surface area (Å²) in [6.07, 6.45) is 4.66. The van der Waals surface area contributed by atoms with Gasteiger partial charge in [0.15, 0.2) is 0 Å². The fourth-order valence-corrected chi connectivity index (χ4v) is 4.90. The summed E-state index contributed by atoms with van der Waals surface area (Å²) < 4.78 is 0. The molecule has 26 heavy (non-hydrogen) atoms. The third kappa shape index (κ3) is 2.38. The zero-order valence-electron chi connectivity index (χ0n) is 14.5. The van der Waals surface area contributed by atoms with Crippen LogP contribution in [0.3, 0.4) is 0 Å². The minimum Gasteiger partial charge on any atom is -0.397 e. The average Bonchev–Trinajstić information content (AvgIpc) is 2.59. The molecule has 0 amide bonds. The van der Waals surface area contributed by atoms with E-state index in [0.717, 1.165) is 40.7 Å². The maximum atomic E-state index is 12.0. The van der Waals surface area contributed by atoms with Crippen LogP contribution in [0.4, 0.5) is 11.4 Å². The normalized spacial score (nSPS) is 27.1. The highest BCUT2D eigenvalue weighted by molar-refractivity contribution is 5.84. The van der Waals surface area contributed by atoms with E-state index in [9.17, 15) is 4.79 Å². The number of nitrogens with zero attached hydrogens (tertiary/aromatic N) is 1. The molecule has 1 spiro atoms. The summed E-state index contributed by atoms with van der Waals surface area (Å²) in [6, 6.07) is 16.2. The molecular weight excluding hydrogens is 324 g/mol. The third-order valence-corrected chi connectivity index (χ3v) is 6.15. The fraction of sp³-hybridized carbons (Fsp3) is 0.333.